The van der Waals surface area contributed by atoms with Crippen LogP contribution in [-0.4, -0.2) is 29.3 Å². The second-order valence-electron chi connectivity index (χ2n) is 3.48. The van der Waals surface area contributed by atoms with Crippen LogP contribution >= 0.6 is 0 Å². The molecule has 0 radical (unpaired) electrons. The number of aryl methyl sites for hydroxylation is 1. The highest BCUT2D eigenvalue weighted by Crippen LogP contribution is 2.06. The number of anilines is 1. The molecule has 2 N–H and O–H groups in total. The van der Waals surface area contributed by atoms with Crippen LogP contribution < -0.4 is 5.32 Å². The summed E-state index contributed by atoms with van der Waals surface area (Å²) in [6.07, 6.45) is 2.09. The van der Waals surface area contributed by atoms with Gasteiger partial charge >= 0.3 is 0 Å². The lowest BCUT2D eigenvalue weighted by molar-refractivity contribution is -0.116. The molecule has 0 aliphatic heterocycles. The second kappa shape index (κ2) is 7.00. The molecule has 90 valence electrons. The van der Waals surface area contributed by atoms with Gasteiger partial charge < -0.3 is 10.1 Å². The number of nitrogens with one attached hydrogen (secondary N) is 2. The van der Waals surface area contributed by atoms with Crippen molar-refractivity contribution < 1.29 is 9.53 Å². The second-order valence-corrected chi connectivity index (χ2v) is 3.48. The molecule has 0 aromatic carbocycles. The van der Waals surface area contributed by atoms with Gasteiger partial charge in [-0.2, -0.15) is 5.10 Å². The number of carbonyl (C=O) groups excluding carboxylic acids is 1. The predicted octanol–water partition coefficient (Wildman–Crippen LogP) is 1.73. The van der Waals surface area contributed by atoms with Crippen molar-refractivity contribution in [3.8, 4) is 0 Å². The third-order valence-electron chi connectivity index (χ3n) is 2.18. The molecule has 0 saturated heterocycles. The Hall–Kier alpha value is -1.36. The van der Waals surface area contributed by atoms with Crippen LogP contribution in [0.25, 0.3) is 0 Å². The third kappa shape index (κ3) is 4.44. The number of aromatic amines is 1. The first-order valence-corrected chi connectivity index (χ1v) is 5.68. The van der Waals surface area contributed by atoms with Crippen LogP contribution in [0.5, 0.6) is 0 Å². The fourth-order valence-corrected chi connectivity index (χ4v) is 1.29. The molecule has 1 aromatic rings. The van der Waals surface area contributed by atoms with Gasteiger partial charge in [0.05, 0.1) is 0 Å². The lowest BCUT2D eigenvalue weighted by Crippen LogP contribution is -2.12. The fraction of sp³-hybridized carbons (Fsp3) is 0.636. The first-order valence-electron chi connectivity index (χ1n) is 5.68. The number of rotatable bonds is 7. The van der Waals surface area contributed by atoms with E-state index in [9.17, 15) is 4.79 Å². The highest BCUT2D eigenvalue weighted by Gasteiger charge is 2.04. The van der Waals surface area contributed by atoms with Gasteiger partial charge in [0.25, 0.3) is 0 Å². The first kappa shape index (κ1) is 12.7. The van der Waals surface area contributed by atoms with Gasteiger partial charge in [0, 0.05) is 31.4 Å². The van der Waals surface area contributed by atoms with Gasteiger partial charge in [-0.05, 0) is 19.8 Å². The number of ether oxygens (including phenoxy) is 1. The molecule has 1 aromatic heterocycles. The van der Waals surface area contributed by atoms with E-state index >= 15 is 0 Å². The first-order chi connectivity index (χ1) is 7.76. The minimum absolute atomic E-state index is 0.0196. The topological polar surface area (TPSA) is 67.0 Å². The smallest absolute Gasteiger partial charge is 0.225 e. The lowest BCUT2D eigenvalue weighted by Gasteiger charge is -2.01. The molecule has 1 heterocycles. The van der Waals surface area contributed by atoms with E-state index in [1.54, 1.807) is 0 Å². The van der Waals surface area contributed by atoms with E-state index in [0.29, 0.717) is 25.5 Å². The van der Waals surface area contributed by atoms with Crippen molar-refractivity contribution in [1.29, 1.82) is 0 Å². The lowest BCUT2D eigenvalue weighted by atomic mass is 10.3. The van der Waals surface area contributed by atoms with Crippen LogP contribution in [0, 0.1) is 0 Å². The fourth-order valence-electron chi connectivity index (χ4n) is 1.29. The number of hydrogen-bond acceptors (Lipinski definition) is 3. The maximum absolute atomic E-state index is 11.5. The van der Waals surface area contributed by atoms with Crippen LogP contribution in [-0.2, 0) is 16.0 Å². The molecule has 0 aliphatic carbocycles. The highest BCUT2D eigenvalue weighted by molar-refractivity contribution is 5.89. The Morgan fingerprint density at radius 2 is 2.38 bits per heavy atom. The molecule has 5 heteroatoms. The number of hydrogen-bond donors (Lipinski definition) is 2. The van der Waals surface area contributed by atoms with E-state index in [0.717, 1.165) is 18.5 Å². The van der Waals surface area contributed by atoms with Gasteiger partial charge in [-0.25, -0.2) is 0 Å². The van der Waals surface area contributed by atoms with Gasteiger partial charge in [-0.15, -0.1) is 0 Å². The average Bonchev–Trinajstić information content (AvgIpc) is 2.72. The summed E-state index contributed by atoms with van der Waals surface area (Å²) >= 11 is 0. The minimum Gasteiger partial charge on any atom is -0.382 e. The Morgan fingerprint density at radius 1 is 1.56 bits per heavy atom. The van der Waals surface area contributed by atoms with E-state index in [4.69, 9.17) is 4.74 Å². The van der Waals surface area contributed by atoms with Crippen molar-refractivity contribution in [2.24, 2.45) is 0 Å². The van der Waals surface area contributed by atoms with Gasteiger partial charge in [-0.3, -0.25) is 9.89 Å². The number of H-pyrrole nitrogens is 1. The summed E-state index contributed by atoms with van der Waals surface area (Å²) in [5.74, 6) is 0.576. The van der Waals surface area contributed by atoms with Gasteiger partial charge in [0.15, 0.2) is 5.82 Å². The Labute approximate surface area is 95.6 Å². The molecule has 0 unspecified atom stereocenters. The maximum Gasteiger partial charge on any atom is 0.225 e. The van der Waals surface area contributed by atoms with Crippen LogP contribution in [0.4, 0.5) is 5.82 Å². The molecule has 1 amide bonds. The van der Waals surface area contributed by atoms with E-state index < -0.39 is 0 Å². The number of nitrogens with zero attached hydrogens (tertiary/aromatic N) is 1. The molecule has 0 aliphatic rings. The Bertz CT molecular complexity index is 323. The summed E-state index contributed by atoms with van der Waals surface area (Å²) < 4.78 is 5.15. The zero-order chi connectivity index (χ0) is 11.8. The van der Waals surface area contributed by atoms with Crippen molar-refractivity contribution in [2.75, 3.05) is 18.5 Å². The predicted molar refractivity (Wildman–Crippen MR) is 62.3 cm³/mol. The monoisotopic (exact) mass is 225 g/mol. The summed E-state index contributed by atoms with van der Waals surface area (Å²) in [6.45, 7) is 5.29. The van der Waals surface area contributed by atoms with Crippen molar-refractivity contribution in [3.63, 3.8) is 0 Å². The van der Waals surface area contributed by atoms with Crippen molar-refractivity contribution >= 4 is 11.7 Å². The van der Waals surface area contributed by atoms with Crippen molar-refractivity contribution in [2.45, 2.75) is 33.1 Å². The van der Waals surface area contributed by atoms with E-state index in [-0.39, 0.29) is 5.91 Å². The van der Waals surface area contributed by atoms with Crippen LogP contribution in [0.15, 0.2) is 6.07 Å². The summed E-state index contributed by atoms with van der Waals surface area (Å²) in [6, 6.07) is 1.85. The molecule has 0 bridgehead atoms. The zero-order valence-corrected chi connectivity index (χ0v) is 9.88. The maximum atomic E-state index is 11.5. The van der Waals surface area contributed by atoms with Crippen molar-refractivity contribution in [1.82, 2.24) is 10.2 Å². The summed E-state index contributed by atoms with van der Waals surface area (Å²) in [7, 11) is 0. The zero-order valence-electron chi connectivity index (χ0n) is 9.88. The van der Waals surface area contributed by atoms with Gasteiger partial charge in [0.2, 0.25) is 5.91 Å². The molecule has 0 fully saturated rings. The molecule has 5 nitrogen and oxygen atoms in total. The average molecular weight is 225 g/mol. The standard InChI is InChI=1S/C11H19N3O2/c1-3-9-8-10(14-13-9)12-11(15)6-5-7-16-4-2/h8H,3-7H2,1-2H3,(H2,12,13,14,15). The Morgan fingerprint density at radius 3 is 3.00 bits per heavy atom. The van der Waals surface area contributed by atoms with Crippen LogP contribution in [0.1, 0.15) is 32.4 Å². The third-order valence-corrected chi connectivity index (χ3v) is 2.18. The molecule has 0 atom stereocenters. The number of aromatic nitrogens is 2. The molecule has 0 saturated carbocycles. The molecule has 1 rings (SSSR count). The summed E-state index contributed by atoms with van der Waals surface area (Å²) in [4.78, 5) is 11.5. The Balaban J connectivity index is 2.23. The molecular formula is C11H19N3O2. The number of carbonyl (C=O) groups is 1. The van der Waals surface area contributed by atoms with Crippen LogP contribution in [0.3, 0.4) is 0 Å². The molecule has 16 heavy (non-hydrogen) atoms. The van der Waals surface area contributed by atoms with E-state index in [1.807, 2.05) is 19.9 Å². The van der Waals surface area contributed by atoms with Crippen LogP contribution in [0.2, 0.25) is 0 Å². The van der Waals surface area contributed by atoms with Crippen molar-refractivity contribution in [3.05, 3.63) is 11.8 Å². The van der Waals surface area contributed by atoms with Gasteiger partial charge in [0.1, 0.15) is 0 Å². The largest absolute Gasteiger partial charge is 0.382 e. The molecule has 0 spiro atoms. The SMILES string of the molecule is CCOCCCC(=O)Nc1cc(CC)[nH]n1. The Kier molecular flexibility index (Phi) is 5.56. The summed E-state index contributed by atoms with van der Waals surface area (Å²) in [5.41, 5.74) is 1.02. The highest BCUT2D eigenvalue weighted by atomic mass is 16.5. The normalized spacial score (nSPS) is 10.4. The van der Waals surface area contributed by atoms with E-state index in [1.165, 1.54) is 0 Å². The summed E-state index contributed by atoms with van der Waals surface area (Å²) in [5, 5.41) is 9.57. The molecular weight excluding hydrogens is 206 g/mol. The number of amides is 1. The van der Waals surface area contributed by atoms with Gasteiger partial charge in [-0.1, -0.05) is 6.92 Å². The quantitative estimate of drug-likeness (QED) is 0.694. The van der Waals surface area contributed by atoms with E-state index in [2.05, 4.69) is 15.5 Å². The minimum atomic E-state index is -0.0196.